The van der Waals surface area contributed by atoms with E-state index < -0.39 is 0 Å². The molecule has 0 fully saturated rings. The first kappa shape index (κ1) is 11.5. The number of nitrogens with zero attached hydrogens (tertiary/aromatic N) is 1. The van der Waals surface area contributed by atoms with Crippen molar-refractivity contribution >= 4 is 16.7 Å². The quantitative estimate of drug-likeness (QED) is 0.808. The van der Waals surface area contributed by atoms with Gasteiger partial charge < -0.3 is 9.64 Å². The summed E-state index contributed by atoms with van der Waals surface area (Å²) in [6, 6.07) is 13.9. The van der Waals surface area contributed by atoms with Crippen molar-refractivity contribution in [3.05, 3.63) is 42.5 Å². The largest absolute Gasteiger partial charge is 0.484 e. The number of rotatable bonds is 3. The normalized spacial score (nSPS) is 10.2. The molecule has 0 saturated heterocycles. The van der Waals surface area contributed by atoms with E-state index in [0.717, 1.165) is 11.1 Å². The minimum absolute atomic E-state index is 0.0434. The topological polar surface area (TPSA) is 29.5 Å². The van der Waals surface area contributed by atoms with Gasteiger partial charge >= 0.3 is 0 Å². The van der Waals surface area contributed by atoms with Crippen LogP contribution in [0.2, 0.25) is 0 Å². The van der Waals surface area contributed by atoms with Crippen molar-refractivity contribution in [2.24, 2.45) is 0 Å². The summed E-state index contributed by atoms with van der Waals surface area (Å²) in [4.78, 5) is 12.9. The average Bonchev–Trinajstić information content (AvgIpc) is 2.35. The van der Waals surface area contributed by atoms with Gasteiger partial charge in [0.05, 0.1) is 0 Å². The SMILES string of the molecule is CN(C)C(=O)COc1ccc2ccccc2c1. The third kappa shape index (κ3) is 2.75. The van der Waals surface area contributed by atoms with Crippen LogP contribution in [0.4, 0.5) is 0 Å². The van der Waals surface area contributed by atoms with Crippen molar-refractivity contribution in [3.8, 4) is 5.75 Å². The third-order valence-corrected chi connectivity index (χ3v) is 2.58. The molecule has 2 aromatic carbocycles. The Bertz CT molecular complexity index is 534. The highest BCUT2D eigenvalue weighted by molar-refractivity contribution is 5.84. The van der Waals surface area contributed by atoms with Gasteiger partial charge in [0.2, 0.25) is 0 Å². The fraction of sp³-hybridized carbons (Fsp3) is 0.214. The number of benzene rings is 2. The Kier molecular flexibility index (Phi) is 3.28. The summed E-state index contributed by atoms with van der Waals surface area (Å²) in [7, 11) is 3.43. The molecular weight excluding hydrogens is 214 g/mol. The predicted octanol–water partition coefficient (Wildman–Crippen LogP) is 2.31. The van der Waals surface area contributed by atoms with Crippen LogP contribution in [0.1, 0.15) is 0 Å². The van der Waals surface area contributed by atoms with Crippen LogP contribution >= 0.6 is 0 Å². The molecule has 0 aliphatic rings. The highest BCUT2D eigenvalue weighted by atomic mass is 16.5. The number of ether oxygens (including phenoxy) is 1. The number of hydrogen-bond acceptors (Lipinski definition) is 2. The van der Waals surface area contributed by atoms with Gasteiger partial charge in [0.1, 0.15) is 5.75 Å². The van der Waals surface area contributed by atoms with E-state index in [4.69, 9.17) is 4.74 Å². The summed E-state index contributed by atoms with van der Waals surface area (Å²) in [5.41, 5.74) is 0. The van der Waals surface area contributed by atoms with Gasteiger partial charge in [-0.1, -0.05) is 30.3 Å². The summed E-state index contributed by atoms with van der Waals surface area (Å²) in [6.07, 6.45) is 0. The molecule has 0 unspecified atom stereocenters. The summed E-state index contributed by atoms with van der Waals surface area (Å²) < 4.78 is 5.45. The van der Waals surface area contributed by atoms with Crippen LogP contribution in [0, 0.1) is 0 Å². The number of carbonyl (C=O) groups is 1. The minimum Gasteiger partial charge on any atom is -0.484 e. The van der Waals surface area contributed by atoms with Crippen LogP contribution in [0.3, 0.4) is 0 Å². The molecule has 1 amide bonds. The van der Waals surface area contributed by atoms with Crippen molar-refractivity contribution < 1.29 is 9.53 Å². The smallest absolute Gasteiger partial charge is 0.259 e. The van der Waals surface area contributed by atoms with E-state index in [9.17, 15) is 4.79 Å². The second kappa shape index (κ2) is 4.87. The molecule has 88 valence electrons. The average molecular weight is 229 g/mol. The van der Waals surface area contributed by atoms with Crippen molar-refractivity contribution in [3.63, 3.8) is 0 Å². The summed E-state index contributed by atoms with van der Waals surface area (Å²) in [5.74, 6) is 0.678. The molecule has 0 spiro atoms. The van der Waals surface area contributed by atoms with E-state index >= 15 is 0 Å². The number of carbonyl (C=O) groups excluding carboxylic acids is 1. The lowest BCUT2D eigenvalue weighted by atomic mass is 10.1. The van der Waals surface area contributed by atoms with Gasteiger partial charge in [-0.25, -0.2) is 0 Å². The lowest BCUT2D eigenvalue weighted by molar-refractivity contribution is -0.130. The molecular formula is C14H15NO2. The molecule has 17 heavy (non-hydrogen) atoms. The van der Waals surface area contributed by atoms with Gasteiger partial charge in [-0.15, -0.1) is 0 Å². The zero-order valence-electron chi connectivity index (χ0n) is 10.0. The summed E-state index contributed by atoms with van der Waals surface area (Å²) in [6.45, 7) is 0.0747. The summed E-state index contributed by atoms with van der Waals surface area (Å²) in [5, 5.41) is 2.28. The standard InChI is InChI=1S/C14H15NO2/c1-15(2)14(16)10-17-13-8-7-11-5-3-4-6-12(11)9-13/h3-9H,10H2,1-2H3. The van der Waals surface area contributed by atoms with Crippen molar-refractivity contribution in [2.45, 2.75) is 0 Å². The molecule has 0 saturated carbocycles. The molecule has 0 aliphatic heterocycles. The Hall–Kier alpha value is -2.03. The predicted molar refractivity (Wildman–Crippen MR) is 68.1 cm³/mol. The lowest BCUT2D eigenvalue weighted by Gasteiger charge is -2.11. The maximum Gasteiger partial charge on any atom is 0.259 e. The molecule has 3 heteroatoms. The van der Waals surface area contributed by atoms with Crippen LogP contribution in [0.5, 0.6) is 5.75 Å². The van der Waals surface area contributed by atoms with E-state index in [2.05, 4.69) is 0 Å². The molecule has 0 bridgehead atoms. The van der Waals surface area contributed by atoms with Crippen molar-refractivity contribution in [2.75, 3.05) is 20.7 Å². The van der Waals surface area contributed by atoms with E-state index in [1.54, 1.807) is 14.1 Å². The molecule has 0 radical (unpaired) electrons. The van der Waals surface area contributed by atoms with Crippen LogP contribution in [-0.2, 0) is 4.79 Å². The second-order valence-corrected chi connectivity index (χ2v) is 4.09. The van der Waals surface area contributed by atoms with Gasteiger partial charge in [0.25, 0.3) is 5.91 Å². The molecule has 0 aromatic heterocycles. The number of hydrogen-bond donors (Lipinski definition) is 0. The number of likely N-dealkylation sites (N-methyl/N-ethyl adjacent to an activating group) is 1. The number of fused-ring (bicyclic) bond motifs is 1. The first-order valence-electron chi connectivity index (χ1n) is 5.48. The molecule has 0 aliphatic carbocycles. The fourth-order valence-corrected chi connectivity index (χ4v) is 1.53. The zero-order valence-corrected chi connectivity index (χ0v) is 10.0. The first-order chi connectivity index (χ1) is 8.16. The minimum atomic E-state index is -0.0434. The summed E-state index contributed by atoms with van der Waals surface area (Å²) >= 11 is 0. The Morgan fingerprint density at radius 3 is 2.53 bits per heavy atom. The van der Waals surface area contributed by atoms with Crippen molar-refractivity contribution in [1.29, 1.82) is 0 Å². The molecule has 0 heterocycles. The van der Waals surface area contributed by atoms with Gasteiger partial charge in [0.15, 0.2) is 6.61 Å². The maximum absolute atomic E-state index is 11.4. The highest BCUT2D eigenvalue weighted by Crippen LogP contribution is 2.20. The van der Waals surface area contributed by atoms with Crippen LogP contribution in [-0.4, -0.2) is 31.5 Å². The Balaban J connectivity index is 2.12. The van der Waals surface area contributed by atoms with E-state index in [0.29, 0.717) is 0 Å². The maximum atomic E-state index is 11.4. The third-order valence-electron chi connectivity index (χ3n) is 2.58. The lowest BCUT2D eigenvalue weighted by Crippen LogP contribution is -2.27. The molecule has 3 nitrogen and oxygen atoms in total. The Morgan fingerprint density at radius 1 is 1.12 bits per heavy atom. The molecule has 0 atom stereocenters. The first-order valence-corrected chi connectivity index (χ1v) is 5.48. The van der Waals surface area contributed by atoms with Crippen LogP contribution in [0.15, 0.2) is 42.5 Å². The van der Waals surface area contributed by atoms with Gasteiger partial charge in [-0.05, 0) is 22.9 Å². The van der Waals surface area contributed by atoms with Crippen LogP contribution < -0.4 is 4.74 Å². The fourth-order valence-electron chi connectivity index (χ4n) is 1.53. The molecule has 2 aromatic rings. The van der Waals surface area contributed by atoms with E-state index in [-0.39, 0.29) is 12.5 Å². The van der Waals surface area contributed by atoms with E-state index in [1.165, 1.54) is 10.3 Å². The highest BCUT2D eigenvalue weighted by Gasteiger charge is 2.04. The van der Waals surface area contributed by atoms with Gasteiger partial charge in [-0.2, -0.15) is 0 Å². The Morgan fingerprint density at radius 2 is 1.82 bits per heavy atom. The number of amides is 1. The monoisotopic (exact) mass is 229 g/mol. The van der Waals surface area contributed by atoms with Crippen molar-refractivity contribution in [1.82, 2.24) is 4.90 Å². The molecule has 2 rings (SSSR count). The van der Waals surface area contributed by atoms with E-state index in [1.807, 2.05) is 42.5 Å². The van der Waals surface area contributed by atoms with Crippen LogP contribution in [0.25, 0.3) is 10.8 Å². The van der Waals surface area contributed by atoms with Gasteiger partial charge in [0, 0.05) is 14.1 Å². The second-order valence-electron chi connectivity index (χ2n) is 4.09. The Labute approximate surface area is 101 Å². The molecule has 0 N–H and O–H groups in total. The zero-order chi connectivity index (χ0) is 12.3. The van der Waals surface area contributed by atoms with Gasteiger partial charge in [-0.3, -0.25) is 4.79 Å².